The SMILES string of the molecule is N[C@H]1CCCC[C@H]1Nc1nc(Nc2ccc(Cl)cc2)ncc1[N+](=O)[O-]. The lowest BCUT2D eigenvalue weighted by Gasteiger charge is -2.29. The maximum atomic E-state index is 11.3. The molecule has 3 rings (SSSR count). The lowest BCUT2D eigenvalue weighted by molar-refractivity contribution is -0.384. The third-order valence-corrected chi connectivity index (χ3v) is 4.46. The first-order valence-electron chi connectivity index (χ1n) is 8.09. The Labute approximate surface area is 150 Å². The van der Waals surface area contributed by atoms with Crippen LogP contribution in [-0.2, 0) is 0 Å². The minimum atomic E-state index is -0.497. The molecule has 0 spiro atoms. The molecule has 1 aromatic heterocycles. The zero-order chi connectivity index (χ0) is 17.8. The van der Waals surface area contributed by atoms with E-state index in [0.717, 1.165) is 31.4 Å². The Morgan fingerprint density at radius 2 is 1.96 bits per heavy atom. The van der Waals surface area contributed by atoms with E-state index in [0.29, 0.717) is 5.02 Å². The number of nitrogens with two attached hydrogens (primary N) is 1. The standard InChI is InChI=1S/C16H19ClN6O2/c17-10-5-7-11(8-6-10)20-16-19-9-14(23(24)25)15(22-16)21-13-4-2-1-3-12(13)18/h5-9,12-13H,1-4,18H2,(H2,19,20,21,22)/t12-,13+/m0/s1. The van der Waals surface area contributed by atoms with Gasteiger partial charge in [-0.2, -0.15) is 4.98 Å². The van der Waals surface area contributed by atoms with Crippen LogP contribution in [0.2, 0.25) is 5.02 Å². The predicted molar refractivity (Wildman–Crippen MR) is 97.3 cm³/mol. The highest BCUT2D eigenvalue weighted by Gasteiger charge is 2.26. The first kappa shape index (κ1) is 17.4. The van der Waals surface area contributed by atoms with E-state index < -0.39 is 4.92 Å². The number of hydrogen-bond acceptors (Lipinski definition) is 7. The van der Waals surface area contributed by atoms with Crippen LogP contribution in [0.1, 0.15) is 25.7 Å². The third kappa shape index (κ3) is 4.34. The average Bonchev–Trinajstić information content (AvgIpc) is 2.59. The highest BCUT2D eigenvalue weighted by atomic mass is 35.5. The number of aromatic nitrogens is 2. The molecule has 0 unspecified atom stereocenters. The first-order chi connectivity index (χ1) is 12.0. The van der Waals surface area contributed by atoms with Crippen LogP contribution in [0.15, 0.2) is 30.5 Å². The van der Waals surface area contributed by atoms with E-state index in [1.165, 1.54) is 6.20 Å². The number of nitrogens with one attached hydrogen (secondary N) is 2. The molecule has 1 aliphatic rings. The summed E-state index contributed by atoms with van der Waals surface area (Å²) in [5, 5.41) is 18.0. The molecule has 2 atom stereocenters. The molecule has 1 saturated carbocycles. The van der Waals surface area contributed by atoms with Gasteiger partial charge < -0.3 is 16.4 Å². The van der Waals surface area contributed by atoms with Crippen LogP contribution in [0.5, 0.6) is 0 Å². The van der Waals surface area contributed by atoms with E-state index in [1.54, 1.807) is 24.3 Å². The lowest BCUT2D eigenvalue weighted by atomic mass is 9.91. The number of hydrogen-bond donors (Lipinski definition) is 3. The van der Waals surface area contributed by atoms with Crippen molar-refractivity contribution in [2.24, 2.45) is 5.73 Å². The number of nitrogens with zero attached hydrogens (tertiary/aromatic N) is 3. The minimum Gasteiger partial charge on any atom is -0.360 e. The Bertz CT molecular complexity index is 755. The van der Waals surface area contributed by atoms with Crippen molar-refractivity contribution in [1.29, 1.82) is 0 Å². The zero-order valence-electron chi connectivity index (χ0n) is 13.5. The van der Waals surface area contributed by atoms with E-state index in [9.17, 15) is 10.1 Å². The molecule has 1 aromatic carbocycles. The van der Waals surface area contributed by atoms with E-state index in [4.69, 9.17) is 17.3 Å². The van der Waals surface area contributed by atoms with Crippen LogP contribution in [0, 0.1) is 10.1 Å². The monoisotopic (exact) mass is 362 g/mol. The molecule has 25 heavy (non-hydrogen) atoms. The van der Waals surface area contributed by atoms with Crippen molar-refractivity contribution in [3.05, 3.63) is 45.6 Å². The van der Waals surface area contributed by atoms with Crippen LogP contribution in [0.3, 0.4) is 0 Å². The van der Waals surface area contributed by atoms with Crippen molar-refractivity contribution in [2.45, 2.75) is 37.8 Å². The summed E-state index contributed by atoms with van der Waals surface area (Å²) >= 11 is 5.86. The van der Waals surface area contributed by atoms with Gasteiger partial charge in [0.25, 0.3) is 0 Å². The van der Waals surface area contributed by atoms with Crippen molar-refractivity contribution in [2.75, 3.05) is 10.6 Å². The second-order valence-corrected chi connectivity index (χ2v) is 6.45. The molecule has 132 valence electrons. The van der Waals surface area contributed by atoms with E-state index in [2.05, 4.69) is 20.6 Å². The summed E-state index contributed by atoms with van der Waals surface area (Å²) in [4.78, 5) is 19.1. The molecular formula is C16H19ClN6O2. The van der Waals surface area contributed by atoms with Crippen LogP contribution >= 0.6 is 11.6 Å². The molecule has 0 bridgehead atoms. The van der Waals surface area contributed by atoms with Gasteiger partial charge in [0.1, 0.15) is 6.20 Å². The quantitative estimate of drug-likeness (QED) is 0.550. The maximum absolute atomic E-state index is 11.3. The summed E-state index contributed by atoms with van der Waals surface area (Å²) in [6, 6.07) is 6.93. The van der Waals surface area contributed by atoms with Gasteiger partial charge in [0.15, 0.2) is 0 Å². The van der Waals surface area contributed by atoms with Crippen molar-refractivity contribution >= 4 is 34.7 Å². The van der Waals surface area contributed by atoms with Crippen LogP contribution in [-0.4, -0.2) is 27.0 Å². The number of halogens is 1. The molecule has 0 amide bonds. The summed E-state index contributed by atoms with van der Waals surface area (Å²) < 4.78 is 0. The van der Waals surface area contributed by atoms with Gasteiger partial charge in [0, 0.05) is 22.8 Å². The number of rotatable bonds is 5. The average molecular weight is 363 g/mol. The molecule has 1 fully saturated rings. The van der Waals surface area contributed by atoms with E-state index in [1.807, 2.05) is 0 Å². The fourth-order valence-corrected chi connectivity index (χ4v) is 2.98. The smallest absolute Gasteiger partial charge is 0.329 e. The fourth-order valence-electron chi connectivity index (χ4n) is 2.85. The molecule has 0 radical (unpaired) electrons. The summed E-state index contributed by atoms with van der Waals surface area (Å²) in [5.74, 6) is 0.443. The number of anilines is 3. The Morgan fingerprint density at radius 1 is 1.24 bits per heavy atom. The lowest BCUT2D eigenvalue weighted by Crippen LogP contribution is -2.42. The van der Waals surface area contributed by atoms with Gasteiger partial charge in [-0.1, -0.05) is 24.4 Å². The Hall–Kier alpha value is -2.45. The molecular weight excluding hydrogens is 344 g/mol. The predicted octanol–water partition coefficient (Wildman–Crippen LogP) is 3.46. The van der Waals surface area contributed by atoms with Crippen molar-refractivity contribution in [1.82, 2.24) is 9.97 Å². The Kier molecular flexibility index (Phi) is 5.30. The molecule has 1 heterocycles. The van der Waals surface area contributed by atoms with Crippen molar-refractivity contribution in [3.8, 4) is 0 Å². The molecule has 1 aliphatic carbocycles. The summed E-state index contributed by atoms with van der Waals surface area (Å²) in [6.45, 7) is 0. The number of benzene rings is 1. The summed E-state index contributed by atoms with van der Waals surface area (Å²) in [5.41, 5.74) is 6.69. The zero-order valence-corrected chi connectivity index (χ0v) is 14.2. The van der Waals surface area contributed by atoms with Crippen LogP contribution < -0.4 is 16.4 Å². The Morgan fingerprint density at radius 3 is 2.64 bits per heavy atom. The largest absolute Gasteiger partial charge is 0.360 e. The van der Waals surface area contributed by atoms with E-state index in [-0.39, 0.29) is 29.5 Å². The van der Waals surface area contributed by atoms with Crippen LogP contribution in [0.4, 0.5) is 23.1 Å². The minimum absolute atomic E-state index is 0.0364. The normalized spacial score (nSPS) is 20.1. The molecule has 2 aromatic rings. The van der Waals surface area contributed by atoms with Gasteiger partial charge in [-0.15, -0.1) is 0 Å². The molecule has 4 N–H and O–H groups in total. The molecule has 9 heteroatoms. The van der Waals surface area contributed by atoms with Gasteiger partial charge in [-0.3, -0.25) is 10.1 Å². The Balaban J connectivity index is 1.83. The molecule has 8 nitrogen and oxygen atoms in total. The topological polar surface area (TPSA) is 119 Å². The third-order valence-electron chi connectivity index (χ3n) is 4.21. The number of nitro groups is 1. The van der Waals surface area contributed by atoms with E-state index >= 15 is 0 Å². The van der Waals surface area contributed by atoms with Gasteiger partial charge in [0.05, 0.1) is 4.92 Å². The summed E-state index contributed by atoms with van der Waals surface area (Å²) in [7, 11) is 0. The summed E-state index contributed by atoms with van der Waals surface area (Å²) in [6.07, 6.45) is 5.07. The molecule has 0 aliphatic heterocycles. The van der Waals surface area contributed by atoms with Gasteiger partial charge in [-0.05, 0) is 37.1 Å². The van der Waals surface area contributed by atoms with Gasteiger partial charge in [-0.25, -0.2) is 4.98 Å². The van der Waals surface area contributed by atoms with Gasteiger partial charge in [0.2, 0.25) is 11.8 Å². The highest BCUT2D eigenvalue weighted by molar-refractivity contribution is 6.30. The molecule has 0 saturated heterocycles. The second kappa shape index (κ2) is 7.62. The van der Waals surface area contributed by atoms with Crippen molar-refractivity contribution in [3.63, 3.8) is 0 Å². The van der Waals surface area contributed by atoms with Crippen molar-refractivity contribution < 1.29 is 4.92 Å². The fraction of sp³-hybridized carbons (Fsp3) is 0.375. The van der Waals surface area contributed by atoms with Crippen LogP contribution in [0.25, 0.3) is 0 Å². The maximum Gasteiger partial charge on any atom is 0.329 e. The second-order valence-electron chi connectivity index (χ2n) is 6.02. The van der Waals surface area contributed by atoms with Gasteiger partial charge >= 0.3 is 5.69 Å². The first-order valence-corrected chi connectivity index (χ1v) is 8.47. The highest BCUT2D eigenvalue weighted by Crippen LogP contribution is 2.27.